The monoisotopic (exact) mass is 325 g/mol. The van der Waals surface area contributed by atoms with Crippen LogP contribution in [0.3, 0.4) is 0 Å². The summed E-state index contributed by atoms with van der Waals surface area (Å²) in [5.74, 6) is 0.614. The van der Waals surface area contributed by atoms with Crippen LogP contribution in [0.5, 0.6) is 11.5 Å². The van der Waals surface area contributed by atoms with Gasteiger partial charge in [0.2, 0.25) is 18.6 Å². The number of nitrogens with one attached hydrogen (secondary N) is 1. The molecule has 0 radical (unpaired) electrons. The molecule has 2 aliphatic rings. The molecule has 1 N–H and O–H groups in total. The van der Waals surface area contributed by atoms with Crippen LogP contribution in [0.4, 0.5) is 11.4 Å². The molecular formula is C17H15N3O4. The molecule has 2 aliphatic heterocycles. The van der Waals surface area contributed by atoms with Crippen LogP contribution in [0.15, 0.2) is 42.7 Å². The van der Waals surface area contributed by atoms with Gasteiger partial charge in [0.1, 0.15) is 0 Å². The third-order valence-corrected chi connectivity index (χ3v) is 4.09. The zero-order chi connectivity index (χ0) is 16.5. The molecule has 1 aromatic heterocycles. The minimum Gasteiger partial charge on any atom is -0.454 e. The first-order valence-corrected chi connectivity index (χ1v) is 7.61. The van der Waals surface area contributed by atoms with Crippen molar-refractivity contribution in [1.29, 1.82) is 0 Å². The fourth-order valence-corrected chi connectivity index (χ4v) is 2.87. The first-order chi connectivity index (χ1) is 11.7. The highest BCUT2D eigenvalue weighted by molar-refractivity contribution is 6.03. The van der Waals surface area contributed by atoms with E-state index in [4.69, 9.17) is 9.47 Å². The highest BCUT2D eigenvalue weighted by Gasteiger charge is 2.35. The zero-order valence-electron chi connectivity index (χ0n) is 12.8. The molecule has 1 atom stereocenters. The molecule has 1 aromatic carbocycles. The number of benzene rings is 1. The van der Waals surface area contributed by atoms with Crippen LogP contribution in [0.1, 0.15) is 6.42 Å². The van der Waals surface area contributed by atoms with Gasteiger partial charge in [0.25, 0.3) is 0 Å². The average Bonchev–Trinajstić information content (AvgIpc) is 3.21. The van der Waals surface area contributed by atoms with Crippen LogP contribution in [-0.2, 0) is 9.59 Å². The van der Waals surface area contributed by atoms with Gasteiger partial charge in [-0.25, -0.2) is 0 Å². The van der Waals surface area contributed by atoms with Crippen LogP contribution < -0.4 is 19.7 Å². The Kier molecular flexibility index (Phi) is 3.53. The summed E-state index contributed by atoms with van der Waals surface area (Å²) in [6.45, 7) is 0.521. The number of carbonyl (C=O) groups excluding carboxylic acids is 2. The number of ether oxygens (including phenoxy) is 2. The van der Waals surface area contributed by atoms with E-state index in [1.807, 2.05) is 0 Å². The van der Waals surface area contributed by atoms with Gasteiger partial charge < -0.3 is 19.7 Å². The second kappa shape index (κ2) is 5.84. The minimum atomic E-state index is -0.400. The summed E-state index contributed by atoms with van der Waals surface area (Å²) in [6.07, 6.45) is 3.39. The van der Waals surface area contributed by atoms with Crippen molar-refractivity contribution in [1.82, 2.24) is 4.98 Å². The first kappa shape index (κ1) is 14.5. The van der Waals surface area contributed by atoms with E-state index >= 15 is 0 Å². The molecule has 1 fully saturated rings. The van der Waals surface area contributed by atoms with Gasteiger partial charge >= 0.3 is 0 Å². The van der Waals surface area contributed by atoms with Gasteiger partial charge in [-0.15, -0.1) is 0 Å². The van der Waals surface area contributed by atoms with Crippen LogP contribution >= 0.6 is 0 Å². The smallest absolute Gasteiger partial charge is 0.231 e. The maximum absolute atomic E-state index is 12.4. The summed E-state index contributed by atoms with van der Waals surface area (Å²) >= 11 is 0. The molecule has 0 aliphatic carbocycles. The fourth-order valence-electron chi connectivity index (χ4n) is 2.87. The highest BCUT2D eigenvalue weighted by Crippen LogP contribution is 2.37. The number of aromatic nitrogens is 1. The lowest BCUT2D eigenvalue weighted by atomic mass is 10.1. The van der Waals surface area contributed by atoms with Crippen molar-refractivity contribution >= 4 is 23.2 Å². The van der Waals surface area contributed by atoms with Crippen molar-refractivity contribution < 1.29 is 19.1 Å². The number of amides is 2. The molecule has 2 amide bonds. The molecule has 0 unspecified atom stereocenters. The van der Waals surface area contributed by atoms with Gasteiger partial charge in [0.15, 0.2) is 11.5 Å². The van der Waals surface area contributed by atoms with Crippen LogP contribution in [-0.4, -0.2) is 30.1 Å². The fraction of sp³-hybridized carbons (Fsp3) is 0.235. The summed E-state index contributed by atoms with van der Waals surface area (Å²) in [7, 11) is 0. The second-order valence-corrected chi connectivity index (χ2v) is 5.67. The van der Waals surface area contributed by atoms with E-state index in [2.05, 4.69) is 10.3 Å². The highest BCUT2D eigenvalue weighted by atomic mass is 16.7. The van der Waals surface area contributed by atoms with E-state index in [0.717, 1.165) is 0 Å². The summed E-state index contributed by atoms with van der Waals surface area (Å²) < 4.78 is 10.6. The Balaban J connectivity index is 1.48. The number of hydrogen-bond acceptors (Lipinski definition) is 5. The van der Waals surface area contributed by atoms with Crippen LogP contribution in [0.2, 0.25) is 0 Å². The number of pyridine rings is 1. The molecule has 4 rings (SSSR count). The Morgan fingerprint density at radius 1 is 1.25 bits per heavy atom. The average molecular weight is 325 g/mol. The summed E-state index contributed by atoms with van der Waals surface area (Å²) in [5.41, 5.74) is 1.33. The predicted molar refractivity (Wildman–Crippen MR) is 85.9 cm³/mol. The first-order valence-electron chi connectivity index (χ1n) is 7.61. The maximum atomic E-state index is 12.4. The van der Waals surface area contributed by atoms with Gasteiger partial charge in [-0.2, -0.15) is 0 Å². The van der Waals surface area contributed by atoms with E-state index in [1.165, 1.54) is 0 Å². The zero-order valence-corrected chi connectivity index (χ0v) is 12.8. The molecular weight excluding hydrogens is 310 g/mol. The van der Waals surface area contributed by atoms with E-state index in [-0.39, 0.29) is 25.0 Å². The Labute approximate surface area is 138 Å². The third kappa shape index (κ3) is 2.64. The quantitative estimate of drug-likeness (QED) is 0.931. The summed E-state index contributed by atoms with van der Waals surface area (Å²) in [5, 5.41) is 2.79. The second-order valence-electron chi connectivity index (χ2n) is 5.67. The van der Waals surface area contributed by atoms with Gasteiger partial charge in [0.05, 0.1) is 17.8 Å². The van der Waals surface area contributed by atoms with E-state index < -0.39 is 5.92 Å². The Hall–Kier alpha value is -3.09. The van der Waals surface area contributed by atoms with Gasteiger partial charge in [-0.3, -0.25) is 14.6 Å². The third-order valence-electron chi connectivity index (χ3n) is 4.09. The van der Waals surface area contributed by atoms with Crippen molar-refractivity contribution in [2.24, 2.45) is 5.92 Å². The minimum absolute atomic E-state index is 0.0831. The van der Waals surface area contributed by atoms with Crippen molar-refractivity contribution in [2.75, 3.05) is 23.6 Å². The number of fused-ring (bicyclic) bond motifs is 1. The van der Waals surface area contributed by atoms with E-state index in [0.29, 0.717) is 29.4 Å². The molecule has 1 saturated heterocycles. The lowest BCUT2D eigenvalue weighted by Crippen LogP contribution is -2.28. The lowest BCUT2D eigenvalue weighted by molar-refractivity contribution is -0.122. The Bertz CT molecular complexity index is 794. The lowest BCUT2D eigenvalue weighted by Gasteiger charge is -2.17. The van der Waals surface area contributed by atoms with Gasteiger partial charge in [0, 0.05) is 30.9 Å². The van der Waals surface area contributed by atoms with Crippen LogP contribution in [0, 0.1) is 5.92 Å². The van der Waals surface area contributed by atoms with Gasteiger partial charge in [-0.05, 0) is 24.3 Å². The molecule has 7 heteroatoms. The Morgan fingerprint density at radius 2 is 2.12 bits per heavy atom. The number of rotatable bonds is 3. The summed E-state index contributed by atoms with van der Waals surface area (Å²) in [4.78, 5) is 30.2. The van der Waals surface area contributed by atoms with E-state index in [1.54, 1.807) is 47.6 Å². The summed E-state index contributed by atoms with van der Waals surface area (Å²) in [6, 6.07) is 8.84. The molecule has 0 spiro atoms. The van der Waals surface area contributed by atoms with Gasteiger partial charge in [-0.1, -0.05) is 0 Å². The Morgan fingerprint density at radius 3 is 2.96 bits per heavy atom. The number of hydrogen-bond donors (Lipinski definition) is 1. The molecule has 24 heavy (non-hydrogen) atoms. The number of carbonyl (C=O) groups is 2. The topological polar surface area (TPSA) is 80.8 Å². The van der Waals surface area contributed by atoms with Crippen molar-refractivity contribution in [3.05, 3.63) is 42.7 Å². The predicted octanol–water partition coefficient (Wildman–Crippen LogP) is 1.80. The van der Waals surface area contributed by atoms with Crippen molar-refractivity contribution in [3.8, 4) is 11.5 Å². The standard InChI is InChI=1S/C17H15N3O4/c21-16-6-11(17(22)19-12-2-1-5-18-8-12)9-20(16)13-3-4-14-15(7-13)24-10-23-14/h1-5,7-8,11H,6,9-10H2,(H,19,22)/t11-/m1/s1. The van der Waals surface area contributed by atoms with Crippen LogP contribution in [0.25, 0.3) is 0 Å². The largest absolute Gasteiger partial charge is 0.454 e. The molecule has 2 aromatic rings. The normalized spacial score (nSPS) is 18.8. The SMILES string of the molecule is O=C(Nc1cccnc1)[C@@H]1CC(=O)N(c2ccc3c(c2)OCO3)C1. The van der Waals surface area contributed by atoms with Crippen molar-refractivity contribution in [3.63, 3.8) is 0 Å². The number of anilines is 2. The molecule has 122 valence electrons. The van der Waals surface area contributed by atoms with E-state index in [9.17, 15) is 9.59 Å². The molecule has 7 nitrogen and oxygen atoms in total. The molecule has 0 bridgehead atoms. The van der Waals surface area contributed by atoms with Crippen molar-refractivity contribution in [2.45, 2.75) is 6.42 Å². The number of nitrogens with zero attached hydrogens (tertiary/aromatic N) is 2. The molecule has 3 heterocycles. The molecule has 0 saturated carbocycles. The maximum Gasteiger partial charge on any atom is 0.231 e.